The van der Waals surface area contributed by atoms with Gasteiger partial charge in [-0.15, -0.1) is 0 Å². The smallest absolute Gasteiger partial charge is 0.338 e. The number of esters is 1. The molecule has 0 aliphatic rings. The molecular weight excluding hydrogens is 392 g/mol. The number of nitrogens with one attached hydrogen (secondary N) is 2. The van der Waals surface area contributed by atoms with Crippen molar-refractivity contribution in [3.8, 4) is 11.4 Å². The van der Waals surface area contributed by atoms with Crippen molar-refractivity contribution in [1.29, 1.82) is 0 Å². The van der Waals surface area contributed by atoms with E-state index in [0.29, 0.717) is 29.0 Å². The molecule has 2 N–H and O–H groups in total. The Morgan fingerprint density at radius 2 is 1.87 bits per heavy atom. The van der Waals surface area contributed by atoms with Crippen molar-refractivity contribution in [3.05, 3.63) is 82.8 Å². The van der Waals surface area contributed by atoms with Crippen LogP contribution in [0.3, 0.4) is 0 Å². The fraction of sp³-hybridized carbons (Fsp3) is 0.208. The van der Waals surface area contributed by atoms with Gasteiger partial charge < -0.3 is 19.6 Å². The summed E-state index contributed by atoms with van der Waals surface area (Å²) < 4.78 is 7.00. The highest BCUT2D eigenvalue weighted by Gasteiger charge is 2.10. The van der Waals surface area contributed by atoms with Crippen LogP contribution in [-0.2, 0) is 11.3 Å². The summed E-state index contributed by atoms with van der Waals surface area (Å²) >= 11 is 0. The van der Waals surface area contributed by atoms with Crippen LogP contribution in [0.4, 0.5) is 5.69 Å². The first-order chi connectivity index (χ1) is 15.2. The Bertz CT molecular complexity index is 1230. The van der Waals surface area contributed by atoms with Crippen LogP contribution < -0.4 is 10.9 Å². The van der Waals surface area contributed by atoms with E-state index >= 15 is 0 Å². The number of aromatic nitrogens is 3. The molecule has 0 aliphatic carbocycles. The number of nitrogens with zero attached hydrogens (tertiary/aromatic N) is 2. The summed E-state index contributed by atoms with van der Waals surface area (Å²) in [5.74, 6) is 0.253. The van der Waals surface area contributed by atoms with Gasteiger partial charge in [-0.25, -0.2) is 9.78 Å². The van der Waals surface area contributed by atoms with Gasteiger partial charge in [0.2, 0.25) is 0 Å². The molecular formula is C24H24N4O3. The highest BCUT2D eigenvalue weighted by molar-refractivity contribution is 5.89. The number of hydrogen-bond donors (Lipinski definition) is 2. The van der Waals surface area contributed by atoms with Crippen LogP contribution >= 0.6 is 0 Å². The molecule has 2 aromatic heterocycles. The Balaban J connectivity index is 1.40. The predicted octanol–water partition coefficient (Wildman–Crippen LogP) is 4.07. The van der Waals surface area contributed by atoms with E-state index in [1.165, 1.54) is 0 Å². The Morgan fingerprint density at radius 3 is 2.61 bits per heavy atom. The van der Waals surface area contributed by atoms with Gasteiger partial charge >= 0.3 is 5.97 Å². The lowest BCUT2D eigenvalue weighted by molar-refractivity contribution is 0.0526. The first-order valence-electron chi connectivity index (χ1n) is 10.3. The number of carbonyl (C=O) groups excluding carboxylic acids is 1. The van der Waals surface area contributed by atoms with E-state index < -0.39 is 0 Å². The molecule has 0 saturated carbocycles. The van der Waals surface area contributed by atoms with E-state index in [1.807, 2.05) is 53.2 Å². The molecule has 0 saturated heterocycles. The Hall–Kier alpha value is -3.87. The second kappa shape index (κ2) is 9.30. The average Bonchev–Trinajstić information content (AvgIpc) is 3.21. The lowest BCUT2D eigenvalue weighted by Gasteiger charge is -2.09. The highest BCUT2D eigenvalue weighted by Crippen LogP contribution is 2.17. The van der Waals surface area contributed by atoms with Crippen LogP contribution in [0.1, 0.15) is 23.7 Å². The van der Waals surface area contributed by atoms with E-state index in [4.69, 9.17) is 4.74 Å². The molecule has 0 atom stereocenters. The van der Waals surface area contributed by atoms with E-state index in [2.05, 4.69) is 15.3 Å². The second-order valence-electron chi connectivity index (χ2n) is 7.11. The van der Waals surface area contributed by atoms with Crippen molar-refractivity contribution in [3.63, 3.8) is 0 Å². The quantitative estimate of drug-likeness (QED) is 0.334. The zero-order valence-corrected chi connectivity index (χ0v) is 17.3. The van der Waals surface area contributed by atoms with Crippen LogP contribution in [0, 0.1) is 0 Å². The number of benzene rings is 2. The van der Waals surface area contributed by atoms with Gasteiger partial charge in [0, 0.05) is 30.5 Å². The number of ether oxygens (including phenoxy) is 1. The summed E-state index contributed by atoms with van der Waals surface area (Å²) in [7, 11) is 0. The summed E-state index contributed by atoms with van der Waals surface area (Å²) in [4.78, 5) is 31.7. The molecule has 7 nitrogen and oxygen atoms in total. The zero-order chi connectivity index (χ0) is 21.6. The number of aryl methyl sites for hydroxylation is 1. The first-order valence-corrected chi connectivity index (χ1v) is 10.3. The lowest BCUT2D eigenvalue weighted by Crippen LogP contribution is -2.11. The first kappa shape index (κ1) is 20.4. The van der Waals surface area contributed by atoms with E-state index in [9.17, 15) is 9.59 Å². The van der Waals surface area contributed by atoms with Crippen LogP contribution in [0.25, 0.3) is 22.4 Å². The van der Waals surface area contributed by atoms with Crippen LogP contribution in [-0.4, -0.2) is 33.7 Å². The molecule has 0 aliphatic heterocycles. The third-order valence-electron chi connectivity index (χ3n) is 4.98. The maximum Gasteiger partial charge on any atom is 0.338 e. The molecule has 0 radical (unpaired) electrons. The number of aromatic amines is 1. The van der Waals surface area contributed by atoms with Crippen molar-refractivity contribution in [2.75, 3.05) is 18.5 Å². The summed E-state index contributed by atoms with van der Waals surface area (Å²) in [5.41, 5.74) is 2.90. The molecule has 0 unspecified atom stereocenters. The van der Waals surface area contributed by atoms with E-state index in [1.54, 1.807) is 25.1 Å². The van der Waals surface area contributed by atoms with E-state index in [0.717, 1.165) is 30.8 Å². The van der Waals surface area contributed by atoms with Gasteiger partial charge in [-0.2, -0.15) is 0 Å². The predicted molar refractivity (Wildman–Crippen MR) is 121 cm³/mol. The van der Waals surface area contributed by atoms with Gasteiger partial charge in [-0.1, -0.05) is 30.3 Å². The van der Waals surface area contributed by atoms with Crippen LogP contribution in [0.2, 0.25) is 0 Å². The number of rotatable bonds is 8. The van der Waals surface area contributed by atoms with Gasteiger partial charge in [0.1, 0.15) is 11.5 Å². The van der Waals surface area contributed by atoms with Gasteiger partial charge in [0.25, 0.3) is 5.56 Å². The molecule has 31 heavy (non-hydrogen) atoms. The SMILES string of the molecule is CCOC(=O)c1ccc(NCCCn2ccc3c(=O)[nH]c(-c4ccccc4)nc32)cc1. The van der Waals surface area contributed by atoms with Crippen molar-refractivity contribution in [1.82, 2.24) is 14.5 Å². The normalized spacial score (nSPS) is 10.9. The molecule has 0 fully saturated rings. The third-order valence-corrected chi connectivity index (χ3v) is 4.98. The standard InChI is InChI=1S/C24H24N4O3/c1-2-31-24(30)18-9-11-19(12-10-18)25-14-6-15-28-16-13-20-22(28)26-21(27-23(20)29)17-7-4-3-5-8-17/h3-5,7-13,16,25H,2,6,14-15H2,1H3,(H,26,27,29). The minimum Gasteiger partial charge on any atom is -0.462 e. The number of fused-ring (bicyclic) bond motifs is 1. The molecule has 7 heteroatoms. The average molecular weight is 416 g/mol. The van der Waals surface area contributed by atoms with Gasteiger partial charge in [0.05, 0.1) is 17.6 Å². The molecule has 0 spiro atoms. The minimum atomic E-state index is -0.314. The molecule has 158 valence electrons. The summed E-state index contributed by atoms with van der Waals surface area (Å²) in [5, 5.41) is 3.93. The number of H-pyrrole nitrogens is 1. The van der Waals surface area contributed by atoms with Crippen LogP contribution in [0.15, 0.2) is 71.7 Å². The third kappa shape index (κ3) is 4.66. The zero-order valence-electron chi connectivity index (χ0n) is 17.3. The fourth-order valence-corrected chi connectivity index (χ4v) is 3.41. The number of anilines is 1. The largest absolute Gasteiger partial charge is 0.462 e. The maximum atomic E-state index is 12.5. The second-order valence-corrected chi connectivity index (χ2v) is 7.11. The monoisotopic (exact) mass is 416 g/mol. The summed E-state index contributed by atoms with van der Waals surface area (Å²) in [6, 6.07) is 18.7. The molecule has 0 bridgehead atoms. The van der Waals surface area contributed by atoms with Gasteiger partial charge in [-0.3, -0.25) is 4.79 Å². The molecule has 0 amide bonds. The Kier molecular flexibility index (Phi) is 6.12. The van der Waals surface area contributed by atoms with Crippen molar-refractivity contribution >= 4 is 22.7 Å². The van der Waals surface area contributed by atoms with E-state index in [-0.39, 0.29) is 11.5 Å². The lowest BCUT2D eigenvalue weighted by atomic mass is 10.2. The van der Waals surface area contributed by atoms with Crippen molar-refractivity contribution in [2.24, 2.45) is 0 Å². The molecule has 4 rings (SSSR count). The summed E-state index contributed by atoms with van der Waals surface area (Å²) in [6.45, 7) is 3.62. The Labute approximate surface area is 179 Å². The molecule has 2 heterocycles. The van der Waals surface area contributed by atoms with Crippen molar-refractivity contribution < 1.29 is 9.53 Å². The highest BCUT2D eigenvalue weighted by atomic mass is 16.5. The fourth-order valence-electron chi connectivity index (χ4n) is 3.41. The summed E-state index contributed by atoms with van der Waals surface area (Å²) in [6.07, 6.45) is 2.74. The van der Waals surface area contributed by atoms with Gasteiger partial charge in [-0.05, 0) is 43.7 Å². The Morgan fingerprint density at radius 1 is 1.10 bits per heavy atom. The minimum absolute atomic E-state index is 0.137. The molecule has 4 aromatic rings. The maximum absolute atomic E-state index is 12.5. The van der Waals surface area contributed by atoms with Crippen LogP contribution in [0.5, 0.6) is 0 Å². The number of carbonyl (C=O) groups is 1. The van der Waals surface area contributed by atoms with Gasteiger partial charge in [0.15, 0.2) is 0 Å². The molecule has 2 aromatic carbocycles. The topological polar surface area (TPSA) is 89.0 Å². The van der Waals surface area contributed by atoms with Crippen molar-refractivity contribution in [2.45, 2.75) is 19.9 Å². The number of hydrogen-bond acceptors (Lipinski definition) is 5.